The third kappa shape index (κ3) is 4.42. The van der Waals surface area contributed by atoms with Gasteiger partial charge in [0.25, 0.3) is 0 Å². The largest absolute Gasteiger partial charge is 0.462 e. The van der Waals surface area contributed by atoms with Gasteiger partial charge in [0.2, 0.25) is 11.6 Å². The summed E-state index contributed by atoms with van der Waals surface area (Å²) < 4.78 is 6.54. The number of esters is 1. The molecule has 35 heavy (non-hydrogen) atoms. The number of piperazine rings is 1. The Labute approximate surface area is 201 Å². The quantitative estimate of drug-likeness (QED) is 0.361. The van der Waals surface area contributed by atoms with E-state index in [1.165, 1.54) is 10.9 Å². The minimum atomic E-state index is -0.364. The van der Waals surface area contributed by atoms with Crippen molar-refractivity contribution in [3.05, 3.63) is 64.9 Å². The van der Waals surface area contributed by atoms with Crippen LogP contribution < -0.4 is 4.90 Å². The van der Waals surface area contributed by atoms with Crippen molar-refractivity contribution >= 4 is 23.4 Å². The molecule has 1 aliphatic heterocycles. The third-order valence-electron chi connectivity index (χ3n) is 6.23. The summed E-state index contributed by atoms with van der Waals surface area (Å²) in [6.45, 7) is 6.81. The van der Waals surface area contributed by atoms with E-state index < -0.39 is 0 Å². The van der Waals surface area contributed by atoms with Gasteiger partial charge >= 0.3 is 5.97 Å². The standard InChI is InChI=1S/C24H25N7O4/c1-2-35-24(34)16-6-7-18(26-15-16)30-13-11-29(12-14-30)9-4-10-31-21-20(27-28-31)23(33)19-17(22(21)32)5-3-8-25-19/h3,5-8,15H,2,4,9-14H2,1H3. The Hall–Kier alpha value is -3.99. The highest BCUT2D eigenvalue weighted by atomic mass is 16.5. The summed E-state index contributed by atoms with van der Waals surface area (Å²) in [6, 6.07) is 6.85. The van der Waals surface area contributed by atoms with E-state index >= 15 is 0 Å². The van der Waals surface area contributed by atoms with Gasteiger partial charge in [-0.25, -0.2) is 14.5 Å². The Morgan fingerprint density at radius 3 is 2.57 bits per heavy atom. The number of aryl methyl sites for hydroxylation is 1. The first-order valence-electron chi connectivity index (χ1n) is 11.6. The number of pyridine rings is 2. The van der Waals surface area contributed by atoms with Gasteiger partial charge in [-0.15, -0.1) is 5.10 Å². The van der Waals surface area contributed by atoms with Crippen LogP contribution in [0.15, 0.2) is 36.7 Å². The van der Waals surface area contributed by atoms with E-state index in [1.807, 2.05) is 6.07 Å². The number of aromatic nitrogens is 5. The molecule has 3 aromatic heterocycles. The minimum absolute atomic E-state index is 0.0799. The second kappa shape index (κ2) is 9.71. The van der Waals surface area contributed by atoms with Crippen molar-refractivity contribution in [1.82, 2.24) is 29.9 Å². The van der Waals surface area contributed by atoms with Crippen LogP contribution in [0, 0.1) is 0 Å². The lowest BCUT2D eigenvalue weighted by atomic mass is 9.94. The number of anilines is 1. The van der Waals surface area contributed by atoms with Crippen LogP contribution in [0.4, 0.5) is 5.82 Å². The fourth-order valence-electron chi connectivity index (χ4n) is 4.41. The van der Waals surface area contributed by atoms with Crippen LogP contribution in [0.3, 0.4) is 0 Å². The van der Waals surface area contributed by atoms with Crippen molar-refractivity contribution in [1.29, 1.82) is 0 Å². The van der Waals surface area contributed by atoms with Gasteiger partial charge in [0, 0.05) is 51.7 Å². The molecule has 0 saturated carbocycles. The van der Waals surface area contributed by atoms with Crippen LogP contribution in [0.2, 0.25) is 0 Å². The van der Waals surface area contributed by atoms with Gasteiger partial charge in [-0.1, -0.05) is 5.21 Å². The second-order valence-corrected chi connectivity index (χ2v) is 8.38. The maximum Gasteiger partial charge on any atom is 0.339 e. The molecule has 11 nitrogen and oxygen atoms in total. The van der Waals surface area contributed by atoms with Gasteiger partial charge < -0.3 is 9.64 Å². The van der Waals surface area contributed by atoms with Crippen LogP contribution in [0.1, 0.15) is 55.9 Å². The van der Waals surface area contributed by atoms with Crippen molar-refractivity contribution in [2.45, 2.75) is 19.9 Å². The van der Waals surface area contributed by atoms with Gasteiger partial charge in [-0.05, 0) is 37.6 Å². The van der Waals surface area contributed by atoms with Gasteiger partial charge in [0.1, 0.15) is 17.2 Å². The molecule has 0 unspecified atom stereocenters. The molecule has 0 radical (unpaired) electrons. The Balaban J connectivity index is 1.14. The molecule has 0 atom stereocenters. The highest BCUT2D eigenvalue weighted by Gasteiger charge is 2.35. The predicted octanol–water partition coefficient (Wildman–Crippen LogP) is 1.23. The maximum atomic E-state index is 12.9. The molecular weight excluding hydrogens is 450 g/mol. The van der Waals surface area contributed by atoms with Gasteiger partial charge in [-0.3, -0.25) is 19.5 Å². The summed E-state index contributed by atoms with van der Waals surface area (Å²) in [5.74, 6) is -0.147. The maximum absolute atomic E-state index is 12.9. The fourth-order valence-corrected chi connectivity index (χ4v) is 4.41. The summed E-state index contributed by atoms with van der Waals surface area (Å²) in [4.78, 5) is 50.4. The topological polar surface area (TPSA) is 123 Å². The number of carbonyl (C=O) groups excluding carboxylic acids is 3. The molecule has 0 amide bonds. The molecular formula is C24H25N7O4. The molecule has 1 saturated heterocycles. The Bertz CT molecular complexity index is 1260. The van der Waals surface area contributed by atoms with Crippen LogP contribution in [-0.2, 0) is 11.3 Å². The first-order chi connectivity index (χ1) is 17.1. The van der Waals surface area contributed by atoms with Crippen LogP contribution in [0.25, 0.3) is 0 Å². The molecule has 2 aliphatic rings. The van der Waals surface area contributed by atoms with E-state index in [-0.39, 0.29) is 34.6 Å². The van der Waals surface area contributed by atoms with Crippen molar-refractivity contribution in [3.63, 3.8) is 0 Å². The van der Waals surface area contributed by atoms with Gasteiger partial charge in [-0.2, -0.15) is 0 Å². The number of hydrogen-bond donors (Lipinski definition) is 0. The molecule has 0 N–H and O–H groups in total. The number of nitrogens with zero attached hydrogens (tertiary/aromatic N) is 7. The number of fused-ring (bicyclic) bond motifs is 2. The van der Waals surface area contributed by atoms with E-state index in [1.54, 1.807) is 31.3 Å². The third-order valence-corrected chi connectivity index (χ3v) is 6.23. The van der Waals surface area contributed by atoms with Crippen molar-refractivity contribution in [2.75, 3.05) is 44.2 Å². The summed E-state index contributed by atoms with van der Waals surface area (Å²) in [5.41, 5.74) is 1.21. The zero-order valence-electron chi connectivity index (χ0n) is 19.4. The van der Waals surface area contributed by atoms with E-state index in [0.717, 1.165) is 45.0 Å². The number of ether oxygens (including phenoxy) is 1. The van der Waals surface area contributed by atoms with Gasteiger partial charge in [0.05, 0.1) is 17.7 Å². The highest BCUT2D eigenvalue weighted by molar-refractivity contribution is 6.26. The SMILES string of the molecule is CCOC(=O)c1ccc(N2CCN(CCCn3nnc4c3C(=O)c3cccnc3C4=O)CC2)nc1. The molecule has 1 fully saturated rings. The number of carbonyl (C=O) groups is 3. The molecule has 5 rings (SSSR count). The summed E-state index contributed by atoms with van der Waals surface area (Å²) in [7, 11) is 0. The zero-order chi connectivity index (χ0) is 24.4. The second-order valence-electron chi connectivity index (χ2n) is 8.38. The molecule has 1 aliphatic carbocycles. The first-order valence-corrected chi connectivity index (χ1v) is 11.6. The summed E-state index contributed by atoms with van der Waals surface area (Å²) in [5, 5.41) is 8.05. The Kier molecular flexibility index (Phi) is 6.32. The normalized spacial score (nSPS) is 15.6. The Morgan fingerprint density at radius 1 is 1.00 bits per heavy atom. The van der Waals surface area contributed by atoms with Crippen LogP contribution >= 0.6 is 0 Å². The highest BCUT2D eigenvalue weighted by Crippen LogP contribution is 2.24. The molecule has 0 aromatic carbocycles. The molecule has 11 heteroatoms. The number of hydrogen-bond acceptors (Lipinski definition) is 10. The van der Waals surface area contributed by atoms with Crippen molar-refractivity contribution in [3.8, 4) is 0 Å². The first kappa shape index (κ1) is 22.8. The van der Waals surface area contributed by atoms with E-state index in [4.69, 9.17) is 4.74 Å². The lowest BCUT2D eigenvalue weighted by Gasteiger charge is -2.35. The average Bonchev–Trinajstić information content (AvgIpc) is 3.32. The summed E-state index contributed by atoms with van der Waals surface area (Å²) in [6.07, 6.45) is 3.82. The van der Waals surface area contributed by atoms with E-state index in [9.17, 15) is 14.4 Å². The molecule has 4 heterocycles. The predicted molar refractivity (Wildman–Crippen MR) is 125 cm³/mol. The van der Waals surface area contributed by atoms with E-state index in [2.05, 4.69) is 30.1 Å². The van der Waals surface area contributed by atoms with Crippen molar-refractivity contribution < 1.29 is 19.1 Å². The van der Waals surface area contributed by atoms with Crippen LogP contribution in [0.5, 0.6) is 0 Å². The lowest BCUT2D eigenvalue weighted by Crippen LogP contribution is -2.47. The van der Waals surface area contributed by atoms with Crippen molar-refractivity contribution in [2.24, 2.45) is 0 Å². The van der Waals surface area contributed by atoms with Gasteiger partial charge in [0.15, 0.2) is 5.69 Å². The number of ketones is 2. The average molecular weight is 476 g/mol. The number of rotatable bonds is 7. The Morgan fingerprint density at radius 2 is 1.83 bits per heavy atom. The lowest BCUT2D eigenvalue weighted by molar-refractivity contribution is 0.0525. The fraction of sp³-hybridized carbons (Fsp3) is 0.375. The molecule has 0 bridgehead atoms. The molecule has 0 spiro atoms. The monoisotopic (exact) mass is 475 g/mol. The smallest absolute Gasteiger partial charge is 0.339 e. The van der Waals surface area contributed by atoms with Crippen LogP contribution in [-0.4, -0.2) is 86.7 Å². The summed E-state index contributed by atoms with van der Waals surface area (Å²) >= 11 is 0. The minimum Gasteiger partial charge on any atom is -0.462 e. The zero-order valence-corrected chi connectivity index (χ0v) is 19.4. The molecule has 180 valence electrons. The molecule has 3 aromatic rings. The van der Waals surface area contributed by atoms with E-state index in [0.29, 0.717) is 24.3 Å².